The summed E-state index contributed by atoms with van der Waals surface area (Å²) in [6.07, 6.45) is 6.74. The number of nitrogens with one attached hydrogen (secondary N) is 4. The van der Waals surface area contributed by atoms with Gasteiger partial charge >= 0.3 is 11.9 Å². The van der Waals surface area contributed by atoms with E-state index < -0.39 is 48.4 Å². The predicted molar refractivity (Wildman–Crippen MR) is 289 cm³/mol. The molecule has 392 valence electrons. The Kier molecular flexibility index (Phi) is 34.5. The van der Waals surface area contributed by atoms with Crippen molar-refractivity contribution in [1.29, 1.82) is 0 Å². The standard InChI is InChI=1S/C51H63N7O7.2CH4.2ClH.2H2S/c1-3-5-15-32-63-43-28-26-36-20-9-11-22-38(36)46(43)47-39-23-12-10-21-37(39)27-29-44(47)64-34-45(59)56-40(24-13-14-30-52)48(60)57-41(25-16-31-55-51(53)54)49(61)58-42(17-4-2)50(62)65-33-35-18-7-6-8-19-35;;;;;;/h4,6-12,18-23,26-29,40-42H,2-3,5,13-17,24-25,30-34,52H2,1H3,(H,56,59)(H,57,60)(H,58,61)(H4,53,54,55);2*1H4;2*1H;2*1H2/t40-,41-,42+;;;;;;/m1....../s1. The van der Waals surface area contributed by atoms with Crippen molar-refractivity contribution in [3.8, 4) is 22.6 Å². The molecule has 0 saturated carbocycles. The molecule has 0 fully saturated rings. The van der Waals surface area contributed by atoms with E-state index in [1.54, 1.807) is 0 Å². The van der Waals surface area contributed by atoms with Crippen molar-refractivity contribution in [3.63, 3.8) is 0 Å². The van der Waals surface area contributed by atoms with E-state index in [0.717, 1.165) is 57.5 Å². The average molecular weight is 1060 g/mol. The van der Waals surface area contributed by atoms with Crippen LogP contribution in [0.1, 0.15) is 85.1 Å². The molecule has 0 bridgehead atoms. The van der Waals surface area contributed by atoms with Gasteiger partial charge in [-0.1, -0.05) is 132 Å². The summed E-state index contributed by atoms with van der Waals surface area (Å²) in [6.45, 7) is 7.02. The molecular weight excluding hydrogens is 982 g/mol. The Hall–Kier alpha value is -5.65. The molecule has 3 amide bonds. The highest BCUT2D eigenvalue weighted by molar-refractivity contribution is 7.59. The molecule has 0 aromatic heterocycles. The Morgan fingerprint density at radius 1 is 0.676 bits per heavy atom. The van der Waals surface area contributed by atoms with Gasteiger partial charge in [-0.15, -0.1) is 6.58 Å². The second-order valence-electron chi connectivity index (χ2n) is 15.9. The maximum atomic E-state index is 14.1. The highest BCUT2D eigenvalue weighted by atomic mass is 35.5. The van der Waals surface area contributed by atoms with Crippen LogP contribution >= 0.6 is 27.0 Å². The third-order valence-corrected chi connectivity index (χ3v) is 10.9. The molecule has 0 aliphatic carbocycles. The van der Waals surface area contributed by atoms with Crippen LogP contribution in [0, 0.1) is 0 Å². The fourth-order valence-electron chi connectivity index (χ4n) is 7.53. The molecule has 0 radical (unpaired) electrons. The van der Waals surface area contributed by atoms with E-state index in [-0.39, 0.29) is 98.5 Å². The lowest BCUT2D eigenvalue weighted by Crippen LogP contribution is -3.00. The van der Waals surface area contributed by atoms with Gasteiger partial charge in [0.25, 0.3) is 5.91 Å². The highest BCUT2D eigenvalue weighted by Gasteiger charge is 2.30. The third-order valence-electron chi connectivity index (χ3n) is 10.9. The van der Waals surface area contributed by atoms with Gasteiger partial charge in [0.15, 0.2) is 6.61 Å². The normalized spacial score (nSPS) is 11.3. The van der Waals surface area contributed by atoms with Crippen molar-refractivity contribution in [2.75, 3.05) is 26.3 Å². The van der Waals surface area contributed by atoms with Crippen LogP contribution in [0.2, 0.25) is 0 Å². The van der Waals surface area contributed by atoms with Gasteiger partial charge in [0.05, 0.1) is 19.7 Å². The van der Waals surface area contributed by atoms with Crippen LogP contribution in [-0.4, -0.2) is 74.1 Å². The lowest BCUT2D eigenvalue weighted by molar-refractivity contribution is -0.459. The van der Waals surface area contributed by atoms with Crippen molar-refractivity contribution >= 4 is 78.2 Å². The highest BCUT2D eigenvalue weighted by Crippen LogP contribution is 2.45. The van der Waals surface area contributed by atoms with E-state index in [9.17, 15) is 19.2 Å². The number of esters is 1. The molecule has 18 heteroatoms. The number of quaternary nitrogens is 1. The first-order chi connectivity index (χ1) is 31.6. The van der Waals surface area contributed by atoms with Gasteiger partial charge < -0.3 is 60.7 Å². The Balaban J connectivity index is 0. The number of amides is 3. The summed E-state index contributed by atoms with van der Waals surface area (Å²) < 4.78 is 18.4. The molecule has 11 N–H and O–H groups in total. The zero-order valence-electron chi connectivity index (χ0n) is 39.2. The summed E-state index contributed by atoms with van der Waals surface area (Å²) >= 11 is 0. The van der Waals surface area contributed by atoms with Crippen LogP contribution in [0.5, 0.6) is 11.5 Å². The number of guanidine groups is 1. The van der Waals surface area contributed by atoms with Gasteiger partial charge in [-0.05, 0) is 84.2 Å². The maximum absolute atomic E-state index is 14.1. The summed E-state index contributed by atoms with van der Waals surface area (Å²) in [5, 5.41) is 12.4. The van der Waals surface area contributed by atoms with Crippen LogP contribution in [0.3, 0.4) is 0 Å². The first-order valence-electron chi connectivity index (χ1n) is 22.6. The zero-order valence-corrected chi connectivity index (χ0v) is 42.7. The van der Waals surface area contributed by atoms with E-state index in [0.29, 0.717) is 50.5 Å². The quantitative estimate of drug-likeness (QED) is 0.0118. The van der Waals surface area contributed by atoms with Crippen LogP contribution in [0.15, 0.2) is 116 Å². The molecule has 5 aromatic rings. The summed E-state index contributed by atoms with van der Waals surface area (Å²) in [4.78, 5) is 57.9. The topological polar surface area (TPSA) is 226 Å². The molecule has 0 saturated heterocycles. The zero-order chi connectivity index (χ0) is 46.4. The van der Waals surface area contributed by atoms with E-state index in [2.05, 4.69) is 52.3 Å². The first-order valence-corrected chi connectivity index (χ1v) is 22.6. The lowest BCUT2D eigenvalue weighted by atomic mass is 9.92. The summed E-state index contributed by atoms with van der Waals surface area (Å²) in [6, 6.07) is 30.0. The van der Waals surface area contributed by atoms with Crippen molar-refractivity contribution in [1.82, 2.24) is 16.0 Å². The largest absolute Gasteiger partial charge is 1.00 e. The van der Waals surface area contributed by atoms with E-state index in [1.807, 2.05) is 91.0 Å². The van der Waals surface area contributed by atoms with Gasteiger partial charge in [-0.25, -0.2) is 4.79 Å². The predicted octanol–water partition coefficient (Wildman–Crippen LogP) is -0.566. The third kappa shape index (κ3) is 20.9. The fraction of sp³-hybridized carbons (Fsp3) is 0.377. The van der Waals surface area contributed by atoms with Gasteiger partial charge in [0.2, 0.25) is 11.8 Å². The average Bonchev–Trinajstić information content (AvgIpc) is 3.31. The van der Waals surface area contributed by atoms with E-state index in [4.69, 9.17) is 25.7 Å². The number of unbranched alkanes of at least 4 members (excludes halogenated alkanes) is 3. The minimum atomic E-state index is -1.10. The van der Waals surface area contributed by atoms with Crippen LogP contribution < -0.4 is 72.4 Å². The molecule has 0 heterocycles. The number of benzene rings is 5. The molecule has 3 atom stereocenters. The number of rotatable bonds is 27. The Labute approximate surface area is 446 Å². The molecule has 0 aliphatic heterocycles. The smallest absolute Gasteiger partial charge is 0.338 e. The Morgan fingerprint density at radius 2 is 1.21 bits per heavy atom. The number of carbonyl (C=O) groups excluding carboxylic acids is 4. The number of nitrogens with two attached hydrogens (primary N) is 2. The Bertz CT molecular complexity index is 2410. The van der Waals surface area contributed by atoms with Crippen molar-refractivity contribution in [2.45, 2.75) is 104 Å². The number of halogens is 2. The SMILES string of the molecule is C.C.C=CC[C@H](NC(=O)[C@@H](CCC[NH+]=C(N)N)NC(=O)[C@@H](CCCC[NH3+])NC(=O)COc1ccc2ccccc2c1-c1c(OCCCCC)ccc2ccccc12)C(=O)OCc1ccccc1.S.S.[Cl-].[Cl-]. The molecule has 14 nitrogen and oxygen atoms in total. The van der Waals surface area contributed by atoms with Gasteiger partial charge in [-0.2, -0.15) is 27.0 Å². The number of carbonyl (C=O) groups is 4. The fourth-order valence-corrected chi connectivity index (χ4v) is 7.53. The Morgan fingerprint density at radius 3 is 1.77 bits per heavy atom. The second kappa shape index (κ2) is 36.3. The number of ether oxygens (including phenoxy) is 3. The molecule has 5 rings (SSSR count). The molecule has 0 aliphatic rings. The summed E-state index contributed by atoms with van der Waals surface area (Å²) in [5.74, 6) is -1.15. The van der Waals surface area contributed by atoms with Crippen LogP contribution in [-0.2, 0) is 30.5 Å². The monoisotopic (exact) mass is 1060 g/mol. The van der Waals surface area contributed by atoms with Gasteiger partial charge in [-0.3, -0.25) is 30.8 Å². The van der Waals surface area contributed by atoms with Crippen LogP contribution in [0.25, 0.3) is 32.7 Å². The molecule has 0 unspecified atom stereocenters. The summed E-state index contributed by atoms with van der Waals surface area (Å²) in [7, 11) is 0. The first kappa shape index (κ1) is 67.4. The minimum Gasteiger partial charge on any atom is -1.00 e. The lowest BCUT2D eigenvalue weighted by Gasteiger charge is -2.25. The van der Waals surface area contributed by atoms with Crippen molar-refractivity contribution < 1.29 is 68.9 Å². The van der Waals surface area contributed by atoms with Crippen molar-refractivity contribution in [3.05, 3.63) is 121 Å². The van der Waals surface area contributed by atoms with E-state index in [1.165, 1.54) is 6.08 Å². The van der Waals surface area contributed by atoms with Crippen LogP contribution in [0.4, 0.5) is 0 Å². The molecule has 5 aromatic carbocycles. The number of fused-ring (bicyclic) bond motifs is 2. The van der Waals surface area contributed by atoms with Crippen molar-refractivity contribution in [2.24, 2.45) is 11.5 Å². The van der Waals surface area contributed by atoms with Gasteiger partial charge in [0.1, 0.15) is 36.2 Å². The minimum absolute atomic E-state index is 0. The molecular formula is C53H77Cl2N7O7S2. The number of hydrogen-bond acceptors (Lipinski definition) is 7. The summed E-state index contributed by atoms with van der Waals surface area (Å²) in [5.41, 5.74) is 17.5. The molecule has 0 spiro atoms. The molecule has 71 heavy (non-hydrogen) atoms. The maximum Gasteiger partial charge on any atom is 0.338 e. The second-order valence-corrected chi connectivity index (χ2v) is 15.9. The van der Waals surface area contributed by atoms with E-state index >= 15 is 0 Å². The number of hydrogen-bond donors (Lipinski definition) is 7. The van der Waals surface area contributed by atoms with Gasteiger partial charge in [0, 0.05) is 11.1 Å².